The maximum atomic E-state index is 12.2. The molecule has 0 aliphatic heterocycles. The third-order valence-corrected chi connectivity index (χ3v) is 1.60. The van der Waals surface area contributed by atoms with Gasteiger partial charge < -0.3 is 9.84 Å². The van der Waals surface area contributed by atoms with E-state index in [0.717, 1.165) is 6.20 Å². The molecule has 0 aliphatic carbocycles. The zero-order chi connectivity index (χ0) is 11.6. The number of pyridine rings is 1. The fourth-order valence-corrected chi connectivity index (χ4v) is 0.955. The van der Waals surface area contributed by atoms with Gasteiger partial charge in [-0.3, -0.25) is 4.98 Å². The lowest BCUT2D eigenvalue weighted by Gasteiger charge is -2.13. The van der Waals surface area contributed by atoms with Crippen LogP contribution >= 0.6 is 0 Å². The molecule has 15 heavy (non-hydrogen) atoms. The van der Waals surface area contributed by atoms with Gasteiger partial charge in [-0.1, -0.05) is 0 Å². The Morgan fingerprint density at radius 3 is 2.53 bits per heavy atom. The second kappa shape index (κ2) is 3.92. The quantitative estimate of drug-likeness (QED) is 0.786. The topological polar surface area (TPSA) is 42.4 Å². The molecule has 1 aromatic rings. The summed E-state index contributed by atoms with van der Waals surface area (Å²) >= 11 is 0. The Morgan fingerprint density at radius 1 is 1.47 bits per heavy atom. The minimum absolute atomic E-state index is 0.0259. The van der Waals surface area contributed by atoms with Gasteiger partial charge in [0.25, 0.3) is 0 Å². The van der Waals surface area contributed by atoms with Gasteiger partial charge in [0.2, 0.25) is 0 Å². The zero-order valence-corrected chi connectivity index (χ0v) is 7.60. The number of rotatable bonds is 2. The van der Waals surface area contributed by atoms with Crippen LogP contribution in [0.5, 0.6) is 11.5 Å². The van der Waals surface area contributed by atoms with Crippen molar-refractivity contribution in [1.29, 1.82) is 0 Å². The molecule has 0 aromatic carbocycles. The Hall–Kier alpha value is -1.53. The summed E-state index contributed by atoms with van der Waals surface area (Å²) < 4.78 is 51.4. The van der Waals surface area contributed by atoms with Crippen LogP contribution in [0.2, 0.25) is 0 Å². The van der Waals surface area contributed by atoms with Gasteiger partial charge in [0.05, 0.1) is 0 Å². The minimum atomic E-state index is -4.93. The van der Waals surface area contributed by atoms with E-state index in [1.807, 2.05) is 0 Å². The number of aryl methyl sites for hydroxylation is 1. The van der Waals surface area contributed by atoms with Crippen LogP contribution < -0.4 is 4.74 Å². The molecule has 0 aliphatic rings. The molecule has 7 heteroatoms. The molecule has 1 aromatic heterocycles. The van der Waals surface area contributed by atoms with Crippen LogP contribution in [0.15, 0.2) is 6.20 Å². The third-order valence-electron chi connectivity index (χ3n) is 1.60. The highest BCUT2D eigenvalue weighted by molar-refractivity contribution is 5.46. The van der Waals surface area contributed by atoms with Gasteiger partial charge >= 0.3 is 6.36 Å². The third kappa shape index (κ3) is 2.71. The molecule has 0 atom stereocenters. The normalized spacial score (nSPS) is 11.5. The van der Waals surface area contributed by atoms with Crippen LogP contribution in [0.3, 0.4) is 0 Å². The van der Waals surface area contributed by atoms with Crippen molar-refractivity contribution in [2.45, 2.75) is 20.0 Å². The highest BCUT2D eigenvalue weighted by Gasteiger charge is 2.33. The minimum Gasteiger partial charge on any atom is -0.503 e. The average Bonchev–Trinajstić information content (AvgIpc) is 2.11. The van der Waals surface area contributed by atoms with E-state index in [1.54, 1.807) is 0 Å². The van der Waals surface area contributed by atoms with Gasteiger partial charge in [-0.05, 0) is 6.92 Å². The lowest BCUT2D eigenvalue weighted by atomic mass is 10.2. The van der Waals surface area contributed by atoms with Crippen LogP contribution in [-0.4, -0.2) is 16.5 Å². The van der Waals surface area contributed by atoms with E-state index in [4.69, 9.17) is 0 Å². The van der Waals surface area contributed by atoms with Crippen molar-refractivity contribution in [2.75, 3.05) is 0 Å². The second-order valence-corrected chi connectivity index (χ2v) is 2.75. The molecule has 1 N–H and O–H groups in total. The van der Waals surface area contributed by atoms with Crippen molar-refractivity contribution in [2.24, 2.45) is 0 Å². The Balaban J connectivity index is 3.15. The van der Waals surface area contributed by atoms with Gasteiger partial charge in [0.1, 0.15) is 12.4 Å². The van der Waals surface area contributed by atoms with Gasteiger partial charge in [-0.2, -0.15) is 0 Å². The molecule has 1 rings (SSSR count). The predicted octanol–water partition coefficient (Wildman–Crippen LogP) is 2.46. The summed E-state index contributed by atoms with van der Waals surface area (Å²) in [5, 5.41) is 9.21. The van der Waals surface area contributed by atoms with Gasteiger partial charge in [-0.15, -0.1) is 13.2 Å². The van der Waals surface area contributed by atoms with Crippen molar-refractivity contribution < 1.29 is 27.4 Å². The number of halogens is 4. The van der Waals surface area contributed by atoms with E-state index in [2.05, 4.69) is 9.72 Å². The molecule has 0 amide bonds. The van der Waals surface area contributed by atoms with Crippen LogP contribution in [0.25, 0.3) is 0 Å². The number of nitrogens with zero attached hydrogens (tertiary/aromatic N) is 1. The summed E-state index contributed by atoms with van der Waals surface area (Å²) in [7, 11) is 0. The van der Waals surface area contributed by atoms with E-state index >= 15 is 0 Å². The largest absolute Gasteiger partial charge is 0.573 e. The van der Waals surface area contributed by atoms with Crippen molar-refractivity contribution in [3.8, 4) is 11.5 Å². The molecule has 3 nitrogen and oxygen atoms in total. The summed E-state index contributed by atoms with van der Waals surface area (Å²) in [6.45, 7) is 0.0934. The van der Waals surface area contributed by atoms with Gasteiger partial charge in [0, 0.05) is 11.8 Å². The predicted molar refractivity (Wildman–Crippen MR) is 42.1 cm³/mol. The summed E-state index contributed by atoms with van der Waals surface area (Å²) in [4.78, 5) is 3.41. The Morgan fingerprint density at radius 2 is 2.07 bits per heavy atom. The number of alkyl halides is 4. The lowest BCUT2D eigenvalue weighted by molar-refractivity contribution is -0.275. The summed E-state index contributed by atoms with van der Waals surface area (Å²) in [6, 6.07) is 0. The standard InChI is InChI=1S/C8H7F4NO2/c1-4-3-13-5(2-9)6(14)7(4)15-8(10,11)12/h3,14H,2H2,1H3. The summed E-state index contributed by atoms with van der Waals surface area (Å²) in [5.74, 6) is -1.74. The first-order valence-corrected chi connectivity index (χ1v) is 3.84. The molecule has 0 bridgehead atoms. The van der Waals surface area contributed by atoms with E-state index < -0.39 is 30.2 Å². The molecule has 0 spiro atoms. The van der Waals surface area contributed by atoms with Crippen molar-refractivity contribution in [3.05, 3.63) is 17.5 Å². The maximum absolute atomic E-state index is 12.2. The van der Waals surface area contributed by atoms with E-state index in [-0.39, 0.29) is 5.56 Å². The number of hydrogen-bond donors (Lipinski definition) is 1. The van der Waals surface area contributed by atoms with Crippen LogP contribution in [0.4, 0.5) is 17.6 Å². The number of aromatic nitrogens is 1. The first-order valence-electron chi connectivity index (χ1n) is 3.84. The van der Waals surface area contributed by atoms with Crippen LogP contribution in [0.1, 0.15) is 11.3 Å². The monoisotopic (exact) mass is 225 g/mol. The smallest absolute Gasteiger partial charge is 0.503 e. The number of hydrogen-bond acceptors (Lipinski definition) is 3. The maximum Gasteiger partial charge on any atom is 0.573 e. The van der Waals surface area contributed by atoms with Crippen LogP contribution in [0, 0.1) is 6.92 Å². The first-order chi connectivity index (χ1) is 6.85. The molecule has 0 fully saturated rings. The van der Waals surface area contributed by atoms with Gasteiger partial charge in [-0.25, -0.2) is 4.39 Å². The molecule has 0 saturated carbocycles. The van der Waals surface area contributed by atoms with E-state index in [1.165, 1.54) is 6.92 Å². The average molecular weight is 225 g/mol. The molecule has 84 valence electrons. The van der Waals surface area contributed by atoms with Gasteiger partial charge in [0.15, 0.2) is 11.5 Å². The Kier molecular flexibility index (Phi) is 3.01. The molecule has 0 saturated heterocycles. The molecule has 1 heterocycles. The summed E-state index contributed by atoms with van der Waals surface area (Å²) in [6.07, 6.45) is -3.94. The highest BCUT2D eigenvalue weighted by atomic mass is 19.4. The fraction of sp³-hybridized carbons (Fsp3) is 0.375. The first kappa shape index (κ1) is 11.5. The zero-order valence-electron chi connectivity index (χ0n) is 7.60. The Labute approximate surface area is 82.3 Å². The molecule has 0 unspecified atom stereocenters. The van der Waals surface area contributed by atoms with Crippen molar-refractivity contribution in [3.63, 3.8) is 0 Å². The molecular formula is C8H7F4NO2. The van der Waals surface area contributed by atoms with E-state index in [9.17, 15) is 22.7 Å². The lowest BCUT2D eigenvalue weighted by Crippen LogP contribution is -2.18. The number of ether oxygens (including phenoxy) is 1. The SMILES string of the molecule is Cc1cnc(CF)c(O)c1OC(F)(F)F. The number of aromatic hydroxyl groups is 1. The van der Waals surface area contributed by atoms with Crippen LogP contribution in [-0.2, 0) is 6.67 Å². The fourth-order valence-electron chi connectivity index (χ4n) is 0.955. The van der Waals surface area contributed by atoms with E-state index in [0.29, 0.717) is 0 Å². The molecular weight excluding hydrogens is 218 g/mol. The molecule has 0 radical (unpaired) electrons. The van der Waals surface area contributed by atoms with Crippen molar-refractivity contribution >= 4 is 0 Å². The summed E-state index contributed by atoms with van der Waals surface area (Å²) in [5.41, 5.74) is -0.512. The second-order valence-electron chi connectivity index (χ2n) is 2.75. The highest BCUT2D eigenvalue weighted by Crippen LogP contribution is 2.36. The Bertz CT molecular complexity index is 364. The van der Waals surface area contributed by atoms with Crippen molar-refractivity contribution in [1.82, 2.24) is 4.98 Å².